The van der Waals surface area contributed by atoms with Crippen molar-refractivity contribution in [1.29, 1.82) is 0 Å². The van der Waals surface area contributed by atoms with Crippen molar-refractivity contribution in [3.8, 4) is 0 Å². The summed E-state index contributed by atoms with van der Waals surface area (Å²) in [5.41, 5.74) is 1.01. The molecule has 19 heavy (non-hydrogen) atoms. The second-order valence-corrected chi connectivity index (χ2v) is 4.76. The standard InChI is InChI=1S/C16H17NO2/c1-16(2,13-9-5-3-6-10-13)19-15(18)17-14-11-7-4-8-12-14/h3-12H,1-2H3,(H,17,18). The van der Waals surface area contributed by atoms with Crippen LogP contribution in [-0.2, 0) is 10.3 Å². The van der Waals surface area contributed by atoms with E-state index in [0.717, 1.165) is 11.3 Å². The van der Waals surface area contributed by atoms with E-state index in [1.54, 1.807) is 0 Å². The zero-order valence-corrected chi connectivity index (χ0v) is 11.1. The summed E-state index contributed by atoms with van der Waals surface area (Å²) < 4.78 is 5.48. The summed E-state index contributed by atoms with van der Waals surface area (Å²) in [6.07, 6.45) is -0.458. The maximum atomic E-state index is 11.9. The Labute approximate surface area is 113 Å². The van der Waals surface area contributed by atoms with Gasteiger partial charge in [0.1, 0.15) is 5.60 Å². The van der Waals surface area contributed by atoms with E-state index >= 15 is 0 Å². The van der Waals surface area contributed by atoms with Gasteiger partial charge in [-0.3, -0.25) is 5.32 Å². The molecule has 0 aliphatic carbocycles. The molecule has 0 spiro atoms. The first-order valence-corrected chi connectivity index (χ1v) is 6.18. The van der Waals surface area contributed by atoms with Gasteiger partial charge >= 0.3 is 6.09 Å². The van der Waals surface area contributed by atoms with Gasteiger partial charge in [-0.25, -0.2) is 4.79 Å². The molecule has 1 amide bonds. The minimum atomic E-state index is -0.667. The van der Waals surface area contributed by atoms with E-state index in [2.05, 4.69) is 5.32 Å². The normalized spacial score (nSPS) is 10.8. The van der Waals surface area contributed by atoms with Crippen molar-refractivity contribution in [2.24, 2.45) is 0 Å². The number of nitrogens with one attached hydrogen (secondary N) is 1. The number of carbonyl (C=O) groups excluding carboxylic acids is 1. The second-order valence-electron chi connectivity index (χ2n) is 4.76. The van der Waals surface area contributed by atoms with E-state index in [0.29, 0.717) is 0 Å². The third-order valence-electron chi connectivity index (χ3n) is 2.84. The van der Waals surface area contributed by atoms with Gasteiger partial charge in [0.2, 0.25) is 0 Å². The van der Waals surface area contributed by atoms with Crippen molar-refractivity contribution in [1.82, 2.24) is 0 Å². The highest BCUT2D eigenvalue weighted by atomic mass is 16.6. The van der Waals surface area contributed by atoms with Gasteiger partial charge in [0.05, 0.1) is 0 Å². The molecule has 3 nitrogen and oxygen atoms in total. The molecule has 0 radical (unpaired) electrons. The molecular formula is C16H17NO2. The Morgan fingerprint density at radius 1 is 0.947 bits per heavy atom. The lowest BCUT2D eigenvalue weighted by atomic mass is 9.98. The monoisotopic (exact) mass is 255 g/mol. The molecule has 0 saturated heterocycles. The van der Waals surface area contributed by atoms with Gasteiger partial charge in [-0.05, 0) is 31.5 Å². The van der Waals surface area contributed by atoms with Crippen molar-refractivity contribution >= 4 is 11.8 Å². The Hall–Kier alpha value is -2.29. The minimum Gasteiger partial charge on any atom is -0.438 e. The van der Waals surface area contributed by atoms with E-state index in [-0.39, 0.29) is 0 Å². The molecule has 0 heterocycles. The number of hydrogen-bond acceptors (Lipinski definition) is 2. The molecular weight excluding hydrogens is 238 g/mol. The molecule has 1 N–H and O–H groups in total. The molecule has 2 aromatic carbocycles. The smallest absolute Gasteiger partial charge is 0.412 e. The van der Waals surface area contributed by atoms with Crippen LogP contribution in [0.5, 0.6) is 0 Å². The number of hydrogen-bond donors (Lipinski definition) is 1. The predicted octanol–water partition coefficient (Wildman–Crippen LogP) is 4.17. The lowest BCUT2D eigenvalue weighted by molar-refractivity contribution is 0.0467. The van der Waals surface area contributed by atoms with Crippen LogP contribution < -0.4 is 5.32 Å². The van der Waals surface area contributed by atoms with Crippen LogP contribution in [0.2, 0.25) is 0 Å². The van der Waals surface area contributed by atoms with Gasteiger partial charge in [0.15, 0.2) is 0 Å². The Kier molecular flexibility index (Phi) is 3.85. The number of carbonyl (C=O) groups is 1. The topological polar surface area (TPSA) is 38.3 Å². The first kappa shape index (κ1) is 13.1. The van der Waals surface area contributed by atoms with Gasteiger partial charge in [-0.2, -0.15) is 0 Å². The third-order valence-corrected chi connectivity index (χ3v) is 2.84. The zero-order chi connectivity index (χ0) is 13.7. The van der Waals surface area contributed by atoms with Crippen LogP contribution in [0.15, 0.2) is 60.7 Å². The second kappa shape index (κ2) is 5.57. The average Bonchev–Trinajstić information content (AvgIpc) is 2.40. The molecule has 2 aromatic rings. The summed E-state index contributed by atoms with van der Waals surface area (Å²) in [4.78, 5) is 11.9. The van der Waals surface area contributed by atoms with Crippen LogP contribution in [0.4, 0.5) is 10.5 Å². The first-order chi connectivity index (χ1) is 9.08. The maximum absolute atomic E-state index is 11.9. The van der Waals surface area contributed by atoms with Crippen LogP contribution in [0, 0.1) is 0 Å². The van der Waals surface area contributed by atoms with Crippen molar-refractivity contribution in [2.45, 2.75) is 19.4 Å². The van der Waals surface area contributed by atoms with Crippen LogP contribution >= 0.6 is 0 Å². The number of anilines is 1. The first-order valence-electron chi connectivity index (χ1n) is 6.18. The number of ether oxygens (including phenoxy) is 1. The van der Waals surface area contributed by atoms with Crippen molar-refractivity contribution < 1.29 is 9.53 Å². The van der Waals surface area contributed by atoms with E-state index < -0.39 is 11.7 Å². The van der Waals surface area contributed by atoms with Crippen LogP contribution in [0.3, 0.4) is 0 Å². The summed E-state index contributed by atoms with van der Waals surface area (Å²) in [6, 6.07) is 18.9. The van der Waals surface area contributed by atoms with Crippen LogP contribution in [0.1, 0.15) is 19.4 Å². The highest BCUT2D eigenvalue weighted by Gasteiger charge is 2.25. The Morgan fingerprint density at radius 2 is 1.47 bits per heavy atom. The molecule has 98 valence electrons. The molecule has 0 bridgehead atoms. The average molecular weight is 255 g/mol. The summed E-state index contributed by atoms with van der Waals surface area (Å²) in [6.45, 7) is 3.74. The molecule has 0 unspecified atom stereocenters. The summed E-state index contributed by atoms with van der Waals surface area (Å²) in [5.74, 6) is 0. The van der Waals surface area contributed by atoms with Crippen molar-refractivity contribution in [2.75, 3.05) is 5.32 Å². The summed E-state index contributed by atoms with van der Waals surface area (Å²) in [5, 5.41) is 2.71. The molecule has 0 aliphatic heterocycles. The Bertz CT molecular complexity index is 535. The van der Waals surface area contributed by atoms with Crippen LogP contribution in [-0.4, -0.2) is 6.09 Å². The fourth-order valence-electron chi connectivity index (χ4n) is 1.80. The fraction of sp³-hybridized carbons (Fsp3) is 0.188. The SMILES string of the molecule is CC(C)(OC(=O)Nc1ccccc1)c1ccccc1. The lowest BCUT2D eigenvalue weighted by Gasteiger charge is -2.25. The van der Waals surface area contributed by atoms with Gasteiger partial charge in [0, 0.05) is 5.69 Å². The zero-order valence-electron chi connectivity index (χ0n) is 11.1. The molecule has 3 heteroatoms. The van der Waals surface area contributed by atoms with Crippen molar-refractivity contribution in [3.05, 3.63) is 66.2 Å². The highest BCUT2D eigenvalue weighted by molar-refractivity contribution is 5.84. The fourth-order valence-corrected chi connectivity index (χ4v) is 1.80. The number of benzene rings is 2. The molecule has 0 aliphatic rings. The Balaban J connectivity index is 2.02. The largest absolute Gasteiger partial charge is 0.438 e. The van der Waals surface area contributed by atoms with Gasteiger partial charge in [0.25, 0.3) is 0 Å². The summed E-state index contributed by atoms with van der Waals surface area (Å²) in [7, 11) is 0. The van der Waals surface area contributed by atoms with Gasteiger partial charge < -0.3 is 4.74 Å². The molecule has 0 aromatic heterocycles. The number of para-hydroxylation sites is 1. The summed E-state index contributed by atoms with van der Waals surface area (Å²) >= 11 is 0. The Morgan fingerprint density at radius 3 is 2.05 bits per heavy atom. The quantitative estimate of drug-likeness (QED) is 0.893. The highest BCUT2D eigenvalue weighted by Crippen LogP contribution is 2.24. The number of amides is 1. The molecule has 0 saturated carbocycles. The van der Waals surface area contributed by atoms with Crippen molar-refractivity contribution in [3.63, 3.8) is 0 Å². The maximum Gasteiger partial charge on any atom is 0.412 e. The molecule has 0 fully saturated rings. The lowest BCUT2D eigenvalue weighted by Crippen LogP contribution is -2.28. The van der Waals surface area contributed by atoms with Gasteiger partial charge in [-0.1, -0.05) is 48.5 Å². The van der Waals surface area contributed by atoms with Crippen LogP contribution in [0.25, 0.3) is 0 Å². The van der Waals surface area contributed by atoms with E-state index in [4.69, 9.17) is 4.74 Å². The van der Waals surface area contributed by atoms with E-state index in [1.807, 2.05) is 74.5 Å². The predicted molar refractivity (Wildman–Crippen MR) is 76.0 cm³/mol. The number of rotatable bonds is 3. The molecule has 0 atom stereocenters. The van der Waals surface area contributed by atoms with E-state index in [9.17, 15) is 4.79 Å². The molecule has 2 rings (SSSR count). The van der Waals surface area contributed by atoms with Gasteiger partial charge in [-0.15, -0.1) is 0 Å². The minimum absolute atomic E-state index is 0.458. The third kappa shape index (κ3) is 3.58. The van der Waals surface area contributed by atoms with E-state index in [1.165, 1.54) is 0 Å².